The van der Waals surface area contributed by atoms with Crippen molar-refractivity contribution in [1.82, 2.24) is 10.2 Å². The summed E-state index contributed by atoms with van der Waals surface area (Å²) in [5.74, 6) is 2.66. The second kappa shape index (κ2) is 7.79. The minimum atomic E-state index is -0.500. The number of carbonyl (C=O) groups is 1. The number of ether oxygens (including phenoxy) is 4. The van der Waals surface area contributed by atoms with E-state index < -0.39 is 11.4 Å². The van der Waals surface area contributed by atoms with Gasteiger partial charge in [-0.25, -0.2) is 0 Å². The van der Waals surface area contributed by atoms with Crippen molar-refractivity contribution in [3.63, 3.8) is 0 Å². The Labute approximate surface area is 175 Å². The summed E-state index contributed by atoms with van der Waals surface area (Å²) in [6.07, 6.45) is -0.500. The smallest absolute Gasteiger partial charge is 0.277 e. The Balaban J connectivity index is 1.20. The monoisotopic (exact) mass is 427 g/mol. The van der Waals surface area contributed by atoms with Crippen molar-refractivity contribution in [2.45, 2.75) is 23.5 Å². The molecule has 1 N–H and O–H groups in total. The zero-order valence-electron chi connectivity index (χ0n) is 15.9. The number of amides is 1. The SMILES string of the molecule is C[C@H](Sc1nnc([C@H]2COc3ccccc3O2)o1)C(=O)Nc1ccc2c(c1)OCO2. The molecule has 9 nitrogen and oxygen atoms in total. The topological polar surface area (TPSA) is 105 Å². The molecule has 154 valence electrons. The third-order valence-electron chi connectivity index (χ3n) is 4.49. The van der Waals surface area contributed by atoms with Crippen LogP contribution in [0.15, 0.2) is 52.1 Å². The maximum Gasteiger partial charge on any atom is 0.277 e. The van der Waals surface area contributed by atoms with E-state index in [1.807, 2.05) is 24.3 Å². The Kier molecular flexibility index (Phi) is 4.83. The van der Waals surface area contributed by atoms with Crippen LogP contribution in [0.4, 0.5) is 5.69 Å². The molecule has 0 unspecified atom stereocenters. The molecule has 3 heterocycles. The van der Waals surface area contributed by atoms with Gasteiger partial charge in [0.05, 0.1) is 5.25 Å². The van der Waals surface area contributed by atoms with Crippen molar-refractivity contribution in [2.24, 2.45) is 0 Å². The molecule has 5 rings (SSSR count). The highest BCUT2D eigenvalue weighted by Gasteiger charge is 2.28. The van der Waals surface area contributed by atoms with Crippen molar-refractivity contribution < 1.29 is 28.2 Å². The van der Waals surface area contributed by atoms with Gasteiger partial charge < -0.3 is 28.7 Å². The van der Waals surface area contributed by atoms with Crippen LogP contribution in [0.3, 0.4) is 0 Å². The summed E-state index contributed by atoms with van der Waals surface area (Å²) < 4.78 is 27.8. The Morgan fingerprint density at radius 3 is 2.77 bits per heavy atom. The van der Waals surface area contributed by atoms with Crippen LogP contribution in [-0.4, -0.2) is 34.8 Å². The molecule has 0 spiro atoms. The number of thioether (sulfide) groups is 1. The van der Waals surface area contributed by atoms with Crippen LogP contribution in [-0.2, 0) is 4.79 Å². The molecule has 30 heavy (non-hydrogen) atoms. The molecule has 0 saturated carbocycles. The van der Waals surface area contributed by atoms with Gasteiger partial charge in [-0.05, 0) is 31.2 Å². The molecule has 2 atom stereocenters. The second-order valence-electron chi connectivity index (χ2n) is 6.59. The van der Waals surface area contributed by atoms with Crippen LogP contribution in [0.1, 0.15) is 18.9 Å². The summed E-state index contributed by atoms with van der Waals surface area (Å²) in [5.41, 5.74) is 0.620. The lowest BCUT2D eigenvalue weighted by atomic mass is 10.2. The van der Waals surface area contributed by atoms with Gasteiger partial charge in [-0.3, -0.25) is 4.79 Å². The zero-order chi connectivity index (χ0) is 20.5. The third-order valence-corrected chi connectivity index (χ3v) is 5.43. The summed E-state index contributed by atoms with van der Waals surface area (Å²) in [7, 11) is 0. The lowest BCUT2D eigenvalue weighted by Crippen LogP contribution is -2.22. The van der Waals surface area contributed by atoms with Gasteiger partial charge in [-0.1, -0.05) is 23.9 Å². The van der Waals surface area contributed by atoms with Crippen molar-refractivity contribution >= 4 is 23.4 Å². The average molecular weight is 427 g/mol. The number of aromatic nitrogens is 2. The summed E-state index contributed by atoms with van der Waals surface area (Å²) in [6, 6.07) is 12.6. The summed E-state index contributed by atoms with van der Waals surface area (Å²) in [6.45, 7) is 2.20. The van der Waals surface area contributed by atoms with Crippen LogP contribution < -0.4 is 24.3 Å². The summed E-state index contributed by atoms with van der Waals surface area (Å²) in [5, 5.41) is 10.7. The first-order chi connectivity index (χ1) is 14.7. The van der Waals surface area contributed by atoms with Gasteiger partial charge >= 0.3 is 0 Å². The number of rotatable bonds is 5. The number of hydrogen-bond acceptors (Lipinski definition) is 9. The fourth-order valence-electron chi connectivity index (χ4n) is 2.96. The maximum atomic E-state index is 12.5. The van der Waals surface area contributed by atoms with E-state index in [0.29, 0.717) is 34.6 Å². The highest BCUT2D eigenvalue weighted by Crippen LogP contribution is 2.37. The predicted octanol–water partition coefficient (Wildman–Crippen LogP) is 3.43. The van der Waals surface area contributed by atoms with Crippen LogP contribution in [0.5, 0.6) is 23.0 Å². The number of nitrogens with zero attached hydrogens (tertiary/aromatic N) is 2. The molecule has 0 aliphatic carbocycles. The number of nitrogens with one attached hydrogen (secondary N) is 1. The number of anilines is 1. The van der Waals surface area contributed by atoms with Gasteiger partial charge in [0.2, 0.25) is 18.8 Å². The van der Waals surface area contributed by atoms with E-state index in [9.17, 15) is 4.79 Å². The molecule has 1 amide bonds. The van der Waals surface area contributed by atoms with Gasteiger partial charge in [-0.2, -0.15) is 0 Å². The lowest BCUT2D eigenvalue weighted by Gasteiger charge is -2.23. The molecule has 2 aliphatic rings. The van der Waals surface area contributed by atoms with Gasteiger partial charge in [0.15, 0.2) is 23.0 Å². The first-order valence-electron chi connectivity index (χ1n) is 9.25. The molecule has 2 aromatic carbocycles. The lowest BCUT2D eigenvalue weighted by molar-refractivity contribution is -0.115. The molecule has 2 aliphatic heterocycles. The average Bonchev–Trinajstić information content (AvgIpc) is 3.42. The molecule has 1 aromatic heterocycles. The Bertz CT molecular complexity index is 1090. The molecular weight excluding hydrogens is 410 g/mol. The fraction of sp³-hybridized carbons (Fsp3) is 0.250. The second-order valence-corrected chi connectivity index (χ2v) is 7.88. The van der Waals surface area contributed by atoms with Gasteiger partial charge in [0.1, 0.15) is 6.61 Å². The molecule has 3 aromatic rings. The van der Waals surface area contributed by atoms with Crippen LogP contribution >= 0.6 is 11.8 Å². The van der Waals surface area contributed by atoms with Crippen molar-refractivity contribution in [3.05, 3.63) is 48.4 Å². The molecular formula is C20H17N3O6S. The van der Waals surface area contributed by atoms with Gasteiger partial charge in [0, 0.05) is 11.8 Å². The fourth-order valence-corrected chi connectivity index (χ4v) is 3.65. The van der Waals surface area contributed by atoms with Crippen molar-refractivity contribution in [2.75, 3.05) is 18.7 Å². The van der Waals surface area contributed by atoms with Crippen molar-refractivity contribution in [1.29, 1.82) is 0 Å². The maximum absolute atomic E-state index is 12.5. The van der Waals surface area contributed by atoms with Gasteiger partial charge in [-0.15, -0.1) is 10.2 Å². The molecule has 0 fully saturated rings. The normalized spacial score (nSPS) is 17.4. The minimum absolute atomic E-state index is 0.180. The summed E-state index contributed by atoms with van der Waals surface area (Å²) in [4.78, 5) is 12.5. The van der Waals surface area contributed by atoms with E-state index in [1.165, 1.54) is 0 Å². The van der Waals surface area contributed by atoms with E-state index in [-0.39, 0.29) is 24.5 Å². The van der Waals surface area contributed by atoms with E-state index in [4.69, 9.17) is 23.4 Å². The highest BCUT2D eigenvalue weighted by atomic mass is 32.2. The molecule has 0 bridgehead atoms. The number of carbonyl (C=O) groups excluding carboxylic acids is 1. The van der Waals surface area contributed by atoms with E-state index in [2.05, 4.69) is 15.5 Å². The number of hydrogen-bond donors (Lipinski definition) is 1. The first-order valence-corrected chi connectivity index (χ1v) is 10.1. The third kappa shape index (κ3) is 3.73. The number of para-hydroxylation sites is 2. The van der Waals surface area contributed by atoms with Crippen LogP contribution in [0.2, 0.25) is 0 Å². The first kappa shape index (κ1) is 18.6. The van der Waals surface area contributed by atoms with Gasteiger partial charge in [0.25, 0.3) is 11.1 Å². The highest BCUT2D eigenvalue weighted by molar-refractivity contribution is 8.00. The molecule has 0 radical (unpaired) electrons. The quantitative estimate of drug-likeness (QED) is 0.613. The number of benzene rings is 2. The standard InChI is InChI=1S/C20H17N3O6S/c1-11(18(24)21-12-6-7-14-16(8-12)27-10-26-14)30-20-23-22-19(29-20)17-9-25-13-4-2-3-5-15(13)28-17/h2-8,11,17H,9-10H2,1H3,(H,21,24)/t11-,17+/m0/s1. The largest absolute Gasteiger partial charge is 0.485 e. The van der Waals surface area contributed by atoms with Crippen LogP contribution in [0, 0.1) is 0 Å². The number of fused-ring (bicyclic) bond motifs is 2. The van der Waals surface area contributed by atoms with E-state index >= 15 is 0 Å². The van der Waals surface area contributed by atoms with Crippen molar-refractivity contribution in [3.8, 4) is 23.0 Å². The molecule has 0 saturated heterocycles. The minimum Gasteiger partial charge on any atom is -0.485 e. The van der Waals surface area contributed by atoms with E-state index in [0.717, 1.165) is 11.8 Å². The summed E-state index contributed by atoms with van der Waals surface area (Å²) >= 11 is 1.16. The Hall–Kier alpha value is -3.40. The Morgan fingerprint density at radius 1 is 1.07 bits per heavy atom. The Morgan fingerprint density at radius 2 is 1.87 bits per heavy atom. The molecule has 10 heteroatoms. The van der Waals surface area contributed by atoms with E-state index in [1.54, 1.807) is 25.1 Å². The zero-order valence-corrected chi connectivity index (χ0v) is 16.7. The predicted molar refractivity (Wildman–Crippen MR) is 106 cm³/mol. The van der Waals surface area contributed by atoms with Crippen LogP contribution in [0.25, 0.3) is 0 Å².